The van der Waals surface area contributed by atoms with Gasteiger partial charge < -0.3 is 59.8 Å². The van der Waals surface area contributed by atoms with E-state index in [9.17, 15) is 44.6 Å². The number of ether oxygens (including phenoxy) is 4. The number of hydrogen-bond acceptors (Lipinski definition) is 26. The quantitative estimate of drug-likeness (QED) is 0.0366. The number of nitrogens with one attached hydrogen (secondary N) is 4. The van der Waals surface area contributed by atoms with Crippen molar-refractivity contribution in [2.24, 2.45) is 29.1 Å². The van der Waals surface area contributed by atoms with Crippen LogP contribution in [0, 0.1) is 129 Å². The summed E-state index contributed by atoms with van der Waals surface area (Å²) in [7, 11) is 0. The van der Waals surface area contributed by atoms with Crippen LogP contribution in [-0.4, -0.2) is 177 Å². The number of pyridine rings is 10. The van der Waals surface area contributed by atoms with E-state index in [2.05, 4.69) is 136 Å². The lowest BCUT2D eigenvalue weighted by atomic mass is 9.95. The molecule has 4 amide bonds. The number of nitriles is 4. The summed E-state index contributed by atoms with van der Waals surface area (Å²) < 4.78 is 43.5. The molecule has 4 saturated heterocycles. The number of terminal acetylenes is 2. The Balaban J connectivity index is 0.000000135. The highest BCUT2D eigenvalue weighted by atomic mass is 19.1. The lowest BCUT2D eigenvalue weighted by Crippen LogP contribution is -2.42. The fraction of sp³-hybridized carbons (Fsp3) is 0.298. The number of hydrogen-bond donors (Lipinski definition) is 4. The van der Waals surface area contributed by atoms with Crippen LogP contribution in [0.15, 0.2) is 202 Å². The van der Waals surface area contributed by atoms with Crippen LogP contribution >= 0.6 is 0 Å². The molecule has 20 rings (SSSR count). The number of anilines is 7. The largest absolute Gasteiger partial charge is 0.492 e. The lowest BCUT2D eigenvalue weighted by molar-refractivity contribution is -0.126. The molecule has 1 aromatic carbocycles. The van der Waals surface area contributed by atoms with Crippen LogP contribution in [0.2, 0.25) is 0 Å². The molecule has 5 fully saturated rings. The number of fused-ring (bicyclic) bond motifs is 4. The Kier molecular flexibility index (Phi) is 32.2. The Morgan fingerprint density at radius 1 is 0.430 bits per heavy atom. The fourth-order valence-corrected chi connectivity index (χ4v) is 18.9. The van der Waals surface area contributed by atoms with Gasteiger partial charge in [-0.15, -0.1) is 24.7 Å². The fourth-order valence-electron chi connectivity index (χ4n) is 18.9. The van der Waals surface area contributed by atoms with Crippen LogP contribution in [0.3, 0.4) is 0 Å². The molecule has 18 heterocycles. The van der Waals surface area contributed by atoms with Crippen molar-refractivity contribution in [2.45, 2.75) is 106 Å². The standard InChI is InChI=1S/C30H27FN6O2.C29H27N7O2.C28H30N6O2.C27H23N7O2/c1-3-6-20-11-24(31)13-25(12-20)35-30(38)22-7-5-10-36(18-22)28-9-8-21(16-33-28)27-14-26(39-4-2)19-37-29(27)23(15-32)17-34-37;1-3-5-23-14-24(8-11-31-23)34-29(37)20-9-12-35(13-10-20)27-7-6-21(17-32-27)26-15-25(38-4-2)19-36-28(26)22(16-30)18-33-36;1-3-9-28(10-11-28)19-31-27(35)20-7-12-33(13-8-20)25-6-5-21(16-30-25)24-14-23(36-4-2)18-34-26(24)22(15-29)17-32-34;1-3-21-6-5-7-24(31-21)32-27(35)19-10-11-33(16-19)25-9-8-18(14-29-25)23-12-22(36-4-2)17-34-26(23)20(13-28)15-30-34/h8-9,11-14,16-17,19,22H,4-5,7,10,18H2,1-2H3,(H,35,38);6-8,11,14-15,17-20H,4,9-10,12-13H2,1-2H3,(H,31,34,37);1,5-6,14,16-18,20H,4,7-13,19H2,2H3,(H,31,35);1,5-9,12,14-15,17,19H,4,10-11,16H2,2H3,(H,31,32,35). The van der Waals surface area contributed by atoms with Crippen molar-refractivity contribution in [1.29, 1.82) is 21.0 Å². The van der Waals surface area contributed by atoms with Crippen molar-refractivity contribution in [2.75, 3.05) is 121 Å². The van der Waals surface area contributed by atoms with E-state index in [1.165, 1.54) is 18.3 Å². The minimum atomic E-state index is -0.443. The van der Waals surface area contributed by atoms with Crippen LogP contribution in [0.4, 0.5) is 44.9 Å². The summed E-state index contributed by atoms with van der Waals surface area (Å²) in [6, 6.07) is 45.3. The van der Waals surface area contributed by atoms with Gasteiger partial charge in [-0.1, -0.05) is 23.8 Å². The SMILES string of the molecule is C#CCC1(CNC(=O)C2CCN(c3ccc(-c4cc(OCC)cn5ncc(C#N)c45)cn3)CC2)CC1.C#Cc1cccc(NC(=O)C2CCN(c3ccc(-c4cc(OCC)cn5ncc(C#N)c45)cn3)C2)n1.CC#Cc1cc(F)cc(NC(=O)C2CCCN(c3ccc(-c4cc(OCC)cn5ncc(C#N)c45)cn3)C2)c1.CC#Cc1cc(NC(=O)C2CCN(c3ccc(-c4cc(OCC)cn5ncc(C#N)c45)cn3)CC2)ccn1. The van der Waals surface area contributed by atoms with Gasteiger partial charge in [0.25, 0.3) is 0 Å². The molecule has 35 heteroatoms. The molecule has 4 aliphatic heterocycles. The molecule has 748 valence electrons. The van der Waals surface area contributed by atoms with E-state index in [-0.39, 0.29) is 52.7 Å². The van der Waals surface area contributed by atoms with Gasteiger partial charge in [-0.05, 0) is 226 Å². The first kappa shape index (κ1) is 102. The third-order valence-electron chi connectivity index (χ3n) is 26.6. The molecule has 2 atom stereocenters. The van der Waals surface area contributed by atoms with E-state index in [4.69, 9.17) is 46.7 Å². The number of carbonyl (C=O) groups excluding carboxylic acids is 4. The van der Waals surface area contributed by atoms with Crippen molar-refractivity contribution in [3.8, 4) is 140 Å². The first-order chi connectivity index (χ1) is 72.7. The van der Waals surface area contributed by atoms with Crippen molar-refractivity contribution in [3.05, 3.63) is 247 Å². The van der Waals surface area contributed by atoms with E-state index < -0.39 is 5.82 Å². The average molecular weight is 1990 g/mol. The highest BCUT2D eigenvalue weighted by Gasteiger charge is 2.43. The number of piperidine rings is 3. The summed E-state index contributed by atoms with van der Waals surface area (Å²) in [5.41, 5.74) is 14.4. The first-order valence-corrected chi connectivity index (χ1v) is 49.5. The number of amides is 4. The molecule has 2 unspecified atom stereocenters. The van der Waals surface area contributed by atoms with Crippen LogP contribution in [0.1, 0.15) is 145 Å². The molecular weight excluding hydrogens is 1880 g/mol. The Morgan fingerprint density at radius 2 is 0.832 bits per heavy atom. The summed E-state index contributed by atoms with van der Waals surface area (Å²) in [6.07, 6.45) is 41.3. The number of aromatic nitrogens is 14. The maximum atomic E-state index is 14.0. The molecule has 15 aromatic rings. The van der Waals surface area contributed by atoms with Gasteiger partial charge in [0.2, 0.25) is 23.6 Å². The number of carbonyl (C=O) groups is 4. The van der Waals surface area contributed by atoms with E-state index >= 15 is 0 Å². The molecule has 14 aromatic heterocycles. The van der Waals surface area contributed by atoms with Crippen LogP contribution in [0.5, 0.6) is 23.0 Å². The van der Waals surface area contributed by atoms with E-state index in [0.29, 0.717) is 149 Å². The van der Waals surface area contributed by atoms with Gasteiger partial charge in [-0.3, -0.25) is 19.2 Å². The molecule has 5 aliphatic rings. The van der Waals surface area contributed by atoms with Crippen molar-refractivity contribution >= 4 is 86.2 Å². The van der Waals surface area contributed by atoms with Crippen LogP contribution in [-0.2, 0) is 19.2 Å². The second-order valence-corrected chi connectivity index (χ2v) is 36.3. The summed E-state index contributed by atoms with van der Waals surface area (Å²) in [6.45, 7) is 19.5. The van der Waals surface area contributed by atoms with Gasteiger partial charge >= 0.3 is 0 Å². The minimum absolute atomic E-state index is 0.0156. The number of rotatable bonds is 26. The van der Waals surface area contributed by atoms with Gasteiger partial charge in [0, 0.05) is 170 Å². The molecule has 1 saturated carbocycles. The first-order valence-electron chi connectivity index (χ1n) is 49.5. The number of benzene rings is 1. The molecular formula is C114H107FN26O8. The summed E-state index contributed by atoms with van der Waals surface area (Å²) in [5, 5.41) is 67.3. The Bertz CT molecular complexity index is 7890. The zero-order valence-corrected chi connectivity index (χ0v) is 83.3. The Hall–Kier alpha value is -18.7. The second-order valence-electron chi connectivity index (χ2n) is 36.3. The maximum Gasteiger partial charge on any atom is 0.230 e. The topological polar surface area (TPSA) is 408 Å². The molecule has 1 aliphatic carbocycles. The third kappa shape index (κ3) is 24.0. The minimum Gasteiger partial charge on any atom is -0.492 e. The van der Waals surface area contributed by atoms with Gasteiger partial charge in [0.15, 0.2) is 0 Å². The molecule has 0 radical (unpaired) electrons. The summed E-state index contributed by atoms with van der Waals surface area (Å²) in [4.78, 5) is 87.2. The Labute approximate surface area is 861 Å². The lowest BCUT2D eigenvalue weighted by Gasteiger charge is -2.33. The normalized spacial score (nSPS) is 15.0. The van der Waals surface area contributed by atoms with Crippen molar-refractivity contribution in [3.63, 3.8) is 0 Å². The monoisotopic (exact) mass is 1990 g/mol. The average Bonchev–Trinajstić information content (AvgIpc) is 1.46. The van der Waals surface area contributed by atoms with Gasteiger partial charge in [-0.25, -0.2) is 52.4 Å². The van der Waals surface area contributed by atoms with Crippen molar-refractivity contribution in [1.82, 2.24) is 73.7 Å². The summed E-state index contributed by atoms with van der Waals surface area (Å²) in [5.74, 6) is 21.9. The smallest absolute Gasteiger partial charge is 0.230 e. The highest BCUT2D eigenvalue weighted by Crippen LogP contribution is 2.48. The molecule has 0 spiro atoms. The molecule has 149 heavy (non-hydrogen) atoms. The molecule has 34 nitrogen and oxygen atoms in total. The van der Waals surface area contributed by atoms with Gasteiger partial charge in [0.05, 0.1) is 132 Å². The Morgan fingerprint density at radius 3 is 1.24 bits per heavy atom. The zero-order valence-electron chi connectivity index (χ0n) is 83.3. The predicted molar refractivity (Wildman–Crippen MR) is 564 cm³/mol. The second kappa shape index (κ2) is 47.2. The number of nitrogens with zero attached hydrogens (tertiary/aromatic N) is 22. The highest BCUT2D eigenvalue weighted by molar-refractivity contribution is 5.96. The predicted octanol–water partition coefficient (Wildman–Crippen LogP) is 16.6. The molecule has 4 N–H and O–H groups in total. The van der Waals surface area contributed by atoms with Crippen molar-refractivity contribution < 1.29 is 42.5 Å². The summed E-state index contributed by atoms with van der Waals surface area (Å²) >= 11 is 0. The molecule has 0 bridgehead atoms. The van der Waals surface area contributed by atoms with Gasteiger partial charge in [0.1, 0.15) is 93.6 Å². The van der Waals surface area contributed by atoms with Crippen LogP contribution in [0.25, 0.3) is 66.6 Å². The van der Waals surface area contributed by atoms with Gasteiger partial charge in [-0.2, -0.15) is 41.4 Å². The third-order valence-corrected chi connectivity index (χ3v) is 26.6. The van der Waals surface area contributed by atoms with E-state index in [1.54, 1.807) is 130 Å². The zero-order chi connectivity index (χ0) is 104. The van der Waals surface area contributed by atoms with E-state index in [0.717, 1.165) is 169 Å². The van der Waals surface area contributed by atoms with Crippen LogP contribution < -0.4 is 59.8 Å². The van der Waals surface area contributed by atoms with E-state index in [1.807, 2.05) is 113 Å². The number of halogens is 1. The maximum absolute atomic E-state index is 14.0.